The zero-order valence-corrected chi connectivity index (χ0v) is 41.7. The molecule has 0 radical (unpaired) electrons. The average Bonchev–Trinajstić information content (AvgIpc) is 3.97. The van der Waals surface area contributed by atoms with E-state index in [4.69, 9.17) is 0 Å². The van der Waals surface area contributed by atoms with Crippen LogP contribution in [0.3, 0.4) is 0 Å². The van der Waals surface area contributed by atoms with Gasteiger partial charge in [-0.25, -0.2) is 0 Å². The molecule has 71 heavy (non-hydrogen) atoms. The van der Waals surface area contributed by atoms with Crippen LogP contribution in [0.1, 0.15) is 0 Å². The number of benzene rings is 11. The number of rotatable bonds is 8. The Kier molecular flexibility index (Phi) is 9.85. The minimum atomic E-state index is -2.82. The van der Waals surface area contributed by atoms with Crippen molar-refractivity contribution < 1.29 is 0 Å². The van der Waals surface area contributed by atoms with E-state index in [1.54, 1.807) is 0 Å². The van der Waals surface area contributed by atoms with Crippen LogP contribution >= 0.6 is 11.8 Å². The molecule has 13 aromatic rings. The Morgan fingerprint density at radius 2 is 0.775 bits per heavy atom. The summed E-state index contributed by atoms with van der Waals surface area (Å²) in [6.45, 7) is 0. The van der Waals surface area contributed by atoms with Gasteiger partial charge in [0.25, 0.3) is 0 Å². The fourth-order valence-corrected chi connectivity index (χ4v) is 24.0. The van der Waals surface area contributed by atoms with Gasteiger partial charge in [0.15, 0.2) is 16.1 Å². The van der Waals surface area contributed by atoms with Crippen LogP contribution in [0.2, 0.25) is 0 Å². The number of para-hydroxylation sites is 2. The third kappa shape index (κ3) is 6.20. The van der Waals surface area contributed by atoms with Crippen molar-refractivity contribution in [1.29, 1.82) is 0 Å². The fraction of sp³-hybridized carbons (Fsp3) is 0. The Morgan fingerprint density at radius 1 is 0.310 bits per heavy atom. The molecular weight excluding hydrogens is 909 g/mol. The van der Waals surface area contributed by atoms with Gasteiger partial charge >= 0.3 is 0 Å². The summed E-state index contributed by atoms with van der Waals surface area (Å²) in [5.41, 5.74) is 7.10. The van der Waals surface area contributed by atoms with E-state index in [9.17, 15) is 0 Å². The summed E-state index contributed by atoms with van der Waals surface area (Å²) in [6, 6.07) is 105. The average molecular weight is 955 g/mol. The maximum Gasteiger partial charge on any atom is 0.181 e. The molecule has 0 amide bonds. The summed E-state index contributed by atoms with van der Waals surface area (Å²) in [5, 5.41) is 16.1. The second kappa shape index (κ2) is 16.7. The number of hydrogen-bond acceptors (Lipinski definition) is 1. The van der Waals surface area contributed by atoms with Gasteiger partial charge in [-0.15, -0.1) is 0 Å². The van der Waals surface area contributed by atoms with E-state index >= 15 is 0 Å². The Labute approximate surface area is 419 Å². The van der Waals surface area contributed by atoms with Crippen molar-refractivity contribution >= 4 is 113 Å². The molecule has 0 N–H and O–H groups in total. The van der Waals surface area contributed by atoms with Gasteiger partial charge in [0.2, 0.25) is 0 Å². The molecule has 0 spiro atoms. The SMILES string of the molecule is c1ccc([Si](c2ccccc2)(c2ccccc2)c2ccc(-n3c4ccccc4c4c(-n5c6ccccc6c6ccc([Si]7(c8ccccc8)c8ccccc8Sc8ccccc87)cc65)cccc43)cc2)cc1. The normalized spacial score (nSPS) is 13.1. The molecule has 2 nitrogen and oxygen atoms in total. The van der Waals surface area contributed by atoms with Crippen LogP contribution in [0, 0.1) is 0 Å². The van der Waals surface area contributed by atoms with Gasteiger partial charge in [-0.2, -0.15) is 0 Å². The molecule has 0 atom stereocenters. The van der Waals surface area contributed by atoms with E-state index in [1.165, 1.54) is 101 Å². The summed E-state index contributed by atoms with van der Waals surface area (Å²) < 4.78 is 5.05. The molecular formula is C66H46N2SSi2. The highest BCUT2D eigenvalue weighted by molar-refractivity contribution is 8.00. The minimum absolute atomic E-state index is 1.14. The van der Waals surface area contributed by atoms with Crippen molar-refractivity contribution in [3.8, 4) is 11.4 Å². The quantitative estimate of drug-likeness (QED) is 0.109. The molecule has 334 valence electrons. The smallest absolute Gasteiger partial charge is 0.181 e. The molecule has 3 heterocycles. The number of fused-ring (bicyclic) bond motifs is 8. The van der Waals surface area contributed by atoms with Crippen molar-refractivity contribution in [2.45, 2.75) is 9.79 Å². The highest BCUT2D eigenvalue weighted by Crippen LogP contribution is 2.40. The van der Waals surface area contributed by atoms with E-state index in [1.807, 2.05) is 11.8 Å². The third-order valence-corrected chi connectivity index (χ3v) is 26.4. The Bertz CT molecular complexity index is 3990. The topological polar surface area (TPSA) is 9.86 Å². The monoisotopic (exact) mass is 954 g/mol. The van der Waals surface area contributed by atoms with Gasteiger partial charge in [-0.05, 0) is 96.1 Å². The zero-order valence-electron chi connectivity index (χ0n) is 38.9. The second-order valence-electron chi connectivity index (χ2n) is 18.7. The van der Waals surface area contributed by atoms with Crippen LogP contribution in [0.4, 0.5) is 0 Å². The standard InChI is InChI=1S/C66H46N2SSi2/c1-5-22-48(23-6-1)70(49-24-7-2-8-25-49,50-26-9-3-10-27-50)52-42-40-47(41-43-52)67-58-33-16-14-31-56(58)66-59(67)34-21-35-60(66)68-57-32-15-13-30-54(57)55-45-44-53(46-61(55)68)71(51-28-11-4-12-29-51)64-38-19-17-36-62(64)69-63-37-18-20-39-65(63)71/h1-46H. The lowest BCUT2D eigenvalue weighted by molar-refractivity contribution is 1.17. The summed E-state index contributed by atoms with van der Waals surface area (Å²) in [4.78, 5) is 2.70. The molecule has 11 aromatic carbocycles. The maximum atomic E-state index is 2.57. The lowest BCUT2D eigenvalue weighted by atomic mass is 10.1. The molecule has 0 saturated heterocycles. The van der Waals surface area contributed by atoms with Crippen molar-refractivity contribution in [3.63, 3.8) is 0 Å². The van der Waals surface area contributed by atoms with Crippen molar-refractivity contribution in [3.05, 3.63) is 279 Å². The first kappa shape index (κ1) is 41.7. The van der Waals surface area contributed by atoms with Gasteiger partial charge in [0.05, 0.1) is 27.8 Å². The molecule has 1 aliphatic heterocycles. The second-order valence-corrected chi connectivity index (χ2v) is 27.3. The van der Waals surface area contributed by atoms with E-state index < -0.39 is 16.1 Å². The molecule has 0 saturated carbocycles. The predicted octanol–water partition coefficient (Wildman–Crippen LogP) is 11.1. The lowest BCUT2D eigenvalue weighted by Crippen LogP contribution is -2.76. The Hall–Kier alpha value is -8.20. The molecule has 0 fully saturated rings. The maximum absolute atomic E-state index is 2.82. The van der Waals surface area contributed by atoms with Gasteiger partial charge in [0.1, 0.15) is 0 Å². The van der Waals surface area contributed by atoms with Gasteiger partial charge in [0, 0.05) is 37.0 Å². The van der Waals surface area contributed by atoms with Crippen LogP contribution in [-0.2, 0) is 0 Å². The fourth-order valence-electron chi connectivity index (χ4n) is 12.3. The molecule has 0 unspecified atom stereocenters. The Morgan fingerprint density at radius 3 is 1.38 bits per heavy atom. The van der Waals surface area contributed by atoms with E-state index in [-0.39, 0.29) is 0 Å². The first-order chi connectivity index (χ1) is 35.2. The van der Waals surface area contributed by atoms with E-state index in [2.05, 4.69) is 288 Å². The van der Waals surface area contributed by atoms with Crippen LogP contribution in [0.5, 0.6) is 0 Å². The van der Waals surface area contributed by atoms with Crippen molar-refractivity contribution in [2.24, 2.45) is 0 Å². The predicted molar refractivity (Wildman–Crippen MR) is 306 cm³/mol. The minimum Gasteiger partial charge on any atom is -0.309 e. The molecule has 0 aliphatic carbocycles. The van der Waals surface area contributed by atoms with E-state index in [0.29, 0.717) is 0 Å². The summed E-state index contributed by atoms with van der Waals surface area (Å²) in [7, 11) is -5.53. The first-order valence-electron chi connectivity index (χ1n) is 24.5. The van der Waals surface area contributed by atoms with Gasteiger partial charge in [-0.1, -0.05) is 236 Å². The largest absolute Gasteiger partial charge is 0.309 e. The molecule has 0 bridgehead atoms. The van der Waals surface area contributed by atoms with Gasteiger partial charge < -0.3 is 9.13 Å². The van der Waals surface area contributed by atoms with Crippen LogP contribution < -0.4 is 41.5 Å². The van der Waals surface area contributed by atoms with Crippen LogP contribution in [-0.4, -0.2) is 25.3 Å². The molecule has 5 heteroatoms. The van der Waals surface area contributed by atoms with Crippen molar-refractivity contribution in [1.82, 2.24) is 9.13 Å². The molecule has 2 aromatic heterocycles. The zero-order chi connectivity index (χ0) is 46.9. The molecule has 1 aliphatic rings. The number of nitrogens with zero attached hydrogens (tertiary/aromatic N) is 2. The third-order valence-electron chi connectivity index (χ3n) is 15.2. The highest BCUT2D eigenvalue weighted by Gasteiger charge is 2.47. The summed E-state index contributed by atoms with van der Waals surface area (Å²) in [6.07, 6.45) is 0. The summed E-state index contributed by atoms with van der Waals surface area (Å²) in [5.74, 6) is 0. The molecule has 14 rings (SSSR count). The highest BCUT2D eigenvalue weighted by atomic mass is 32.2. The lowest BCUT2D eigenvalue weighted by Gasteiger charge is -2.39. The number of hydrogen-bond donors (Lipinski definition) is 0. The van der Waals surface area contributed by atoms with Crippen LogP contribution in [0.25, 0.3) is 55.0 Å². The first-order valence-corrected chi connectivity index (χ1v) is 29.3. The van der Waals surface area contributed by atoms with Crippen LogP contribution in [0.15, 0.2) is 289 Å². The van der Waals surface area contributed by atoms with Crippen molar-refractivity contribution in [2.75, 3.05) is 0 Å². The van der Waals surface area contributed by atoms with E-state index in [0.717, 1.165) is 5.69 Å². The van der Waals surface area contributed by atoms with Gasteiger partial charge in [-0.3, -0.25) is 0 Å². The summed E-state index contributed by atoms with van der Waals surface area (Å²) >= 11 is 1.91. The Balaban J connectivity index is 1.01. The number of aromatic nitrogens is 2.